The highest BCUT2D eigenvalue weighted by molar-refractivity contribution is 7.22. The molecule has 0 saturated carbocycles. The van der Waals surface area contributed by atoms with Gasteiger partial charge in [-0.2, -0.15) is 5.10 Å². The molecule has 0 radical (unpaired) electrons. The molecule has 0 aliphatic rings. The Morgan fingerprint density at radius 3 is 2.79 bits per heavy atom. The zero-order valence-corrected chi connectivity index (χ0v) is 16.1. The first-order valence-corrected chi connectivity index (χ1v) is 9.42. The van der Waals surface area contributed by atoms with E-state index < -0.39 is 17.3 Å². The summed E-state index contributed by atoms with van der Waals surface area (Å²) in [4.78, 5) is 28.8. The number of amides is 1. The van der Waals surface area contributed by atoms with Gasteiger partial charge < -0.3 is 10.1 Å². The normalized spacial score (nSPS) is 10.8. The molecule has 0 unspecified atom stereocenters. The summed E-state index contributed by atoms with van der Waals surface area (Å²) < 4.78 is 21.2. The summed E-state index contributed by atoms with van der Waals surface area (Å²) in [6, 6.07) is 14.5. The van der Waals surface area contributed by atoms with Crippen molar-refractivity contribution in [2.45, 2.75) is 6.54 Å². The molecule has 2 aromatic carbocycles. The van der Waals surface area contributed by atoms with Crippen molar-refractivity contribution in [3.05, 3.63) is 70.8 Å². The van der Waals surface area contributed by atoms with Gasteiger partial charge in [0.2, 0.25) is 5.91 Å². The molecule has 2 heterocycles. The number of benzene rings is 2. The van der Waals surface area contributed by atoms with Crippen LogP contribution >= 0.6 is 11.3 Å². The van der Waals surface area contributed by atoms with Gasteiger partial charge in [0.1, 0.15) is 18.1 Å². The number of aromatic nitrogens is 3. The quantitative estimate of drug-likeness (QED) is 0.546. The molecule has 0 aliphatic carbocycles. The van der Waals surface area contributed by atoms with E-state index in [1.165, 1.54) is 42.7 Å². The van der Waals surface area contributed by atoms with Crippen molar-refractivity contribution in [1.29, 1.82) is 0 Å². The lowest BCUT2D eigenvalue weighted by Crippen LogP contribution is -2.29. The molecule has 0 saturated heterocycles. The maximum Gasteiger partial charge on any atom is 0.267 e. The first-order valence-electron chi connectivity index (χ1n) is 8.61. The summed E-state index contributed by atoms with van der Waals surface area (Å²) >= 11 is 1.33. The minimum Gasteiger partial charge on any atom is -0.497 e. The minimum atomic E-state index is -0.541. The van der Waals surface area contributed by atoms with E-state index in [1.54, 1.807) is 6.07 Å². The predicted octanol–water partition coefficient (Wildman–Crippen LogP) is 3.31. The van der Waals surface area contributed by atoms with Crippen LogP contribution in [-0.4, -0.2) is 27.8 Å². The maximum atomic E-state index is 14.3. The Kier molecular flexibility index (Phi) is 5.05. The summed E-state index contributed by atoms with van der Waals surface area (Å²) in [5.74, 6) is -0.623. The SMILES string of the molecule is COc1ccc(-c2ccc(=O)n(CC(=O)Nc3nc4ccccc4s3)n2)c(F)c1. The van der Waals surface area contributed by atoms with E-state index in [2.05, 4.69) is 15.4 Å². The zero-order valence-electron chi connectivity index (χ0n) is 15.3. The number of halogens is 1. The van der Waals surface area contributed by atoms with Crippen LogP contribution in [0.25, 0.3) is 21.5 Å². The second-order valence-electron chi connectivity index (χ2n) is 6.10. The summed E-state index contributed by atoms with van der Waals surface area (Å²) in [6.45, 7) is -0.319. The average molecular weight is 410 g/mol. The molecule has 146 valence electrons. The zero-order chi connectivity index (χ0) is 20.4. The number of anilines is 1. The molecule has 29 heavy (non-hydrogen) atoms. The van der Waals surface area contributed by atoms with Crippen molar-refractivity contribution in [2.75, 3.05) is 12.4 Å². The monoisotopic (exact) mass is 410 g/mol. The van der Waals surface area contributed by atoms with E-state index in [4.69, 9.17) is 4.74 Å². The van der Waals surface area contributed by atoms with Crippen molar-refractivity contribution in [2.24, 2.45) is 0 Å². The number of rotatable bonds is 5. The number of para-hydroxylation sites is 1. The largest absolute Gasteiger partial charge is 0.497 e. The van der Waals surface area contributed by atoms with Crippen molar-refractivity contribution < 1.29 is 13.9 Å². The number of methoxy groups -OCH3 is 1. The van der Waals surface area contributed by atoms with Gasteiger partial charge in [-0.3, -0.25) is 9.59 Å². The standard InChI is InChI=1S/C20H15FN4O3S/c1-28-12-6-7-13(14(21)10-12)15-8-9-19(27)25(24-15)11-18(26)23-20-22-16-4-2-3-5-17(16)29-20/h2-10H,11H2,1H3,(H,22,23,26). The highest BCUT2D eigenvalue weighted by atomic mass is 32.1. The van der Waals surface area contributed by atoms with E-state index in [-0.39, 0.29) is 17.8 Å². The van der Waals surface area contributed by atoms with E-state index in [0.717, 1.165) is 14.9 Å². The molecule has 1 N–H and O–H groups in total. The summed E-state index contributed by atoms with van der Waals surface area (Å²) in [7, 11) is 1.44. The number of fused-ring (bicyclic) bond motifs is 1. The van der Waals surface area contributed by atoms with Gasteiger partial charge in [-0.15, -0.1) is 0 Å². The van der Waals surface area contributed by atoms with Gasteiger partial charge in [-0.1, -0.05) is 23.5 Å². The van der Waals surface area contributed by atoms with Crippen molar-refractivity contribution >= 4 is 32.6 Å². The molecule has 2 aromatic heterocycles. The molecule has 4 aromatic rings. The predicted molar refractivity (Wildman–Crippen MR) is 109 cm³/mol. The molecule has 7 nitrogen and oxygen atoms in total. The van der Waals surface area contributed by atoms with Crippen LogP contribution in [0.4, 0.5) is 9.52 Å². The number of nitrogens with zero attached hydrogens (tertiary/aromatic N) is 3. The highest BCUT2D eigenvalue weighted by Gasteiger charge is 2.13. The third-order valence-electron chi connectivity index (χ3n) is 4.15. The molecule has 0 aliphatic heterocycles. The van der Waals surface area contributed by atoms with Crippen LogP contribution in [-0.2, 0) is 11.3 Å². The maximum absolute atomic E-state index is 14.3. The molecular formula is C20H15FN4O3S. The van der Waals surface area contributed by atoms with Crippen LogP contribution in [0.2, 0.25) is 0 Å². The van der Waals surface area contributed by atoms with E-state index >= 15 is 0 Å². The molecular weight excluding hydrogens is 395 g/mol. The molecule has 9 heteroatoms. The number of hydrogen-bond donors (Lipinski definition) is 1. The average Bonchev–Trinajstić information content (AvgIpc) is 3.11. The molecule has 0 fully saturated rings. The Balaban J connectivity index is 1.56. The second-order valence-corrected chi connectivity index (χ2v) is 7.13. The molecule has 0 spiro atoms. The van der Waals surface area contributed by atoms with Crippen LogP contribution in [0.3, 0.4) is 0 Å². The van der Waals surface area contributed by atoms with Gasteiger partial charge in [0, 0.05) is 17.7 Å². The summed E-state index contributed by atoms with van der Waals surface area (Å²) in [6.07, 6.45) is 0. The van der Waals surface area contributed by atoms with Gasteiger partial charge in [0.05, 0.1) is 23.0 Å². The third-order valence-corrected chi connectivity index (χ3v) is 5.10. The minimum absolute atomic E-state index is 0.200. The van der Waals surface area contributed by atoms with Gasteiger partial charge in [0.15, 0.2) is 5.13 Å². The number of carbonyl (C=O) groups excluding carboxylic acids is 1. The number of hydrogen-bond acceptors (Lipinski definition) is 6. The Hall–Kier alpha value is -3.59. The lowest BCUT2D eigenvalue weighted by atomic mass is 10.1. The summed E-state index contributed by atoms with van der Waals surface area (Å²) in [5, 5.41) is 7.23. The Morgan fingerprint density at radius 2 is 2.03 bits per heavy atom. The van der Waals surface area contributed by atoms with Crippen molar-refractivity contribution in [3.63, 3.8) is 0 Å². The van der Waals surface area contributed by atoms with Crippen LogP contribution in [0.15, 0.2) is 59.4 Å². The van der Waals surface area contributed by atoms with Crippen molar-refractivity contribution in [1.82, 2.24) is 14.8 Å². The van der Waals surface area contributed by atoms with Gasteiger partial charge in [-0.05, 0) is 30.3 Å². The number of ether oxygens (including phenoxy) is 1. The van der Waals surface area contributed by atoms with Gasteiger partial charge in [-0.25, -0.2) is 14.1 Å². The number of thiazole rings is 1. The van der Waals surface area contributed by atoms with E-state index in [0.29, 0.717) is 10.9 Å². The third kappa shape index (κ3) is 3.99. The first kappa shape index (κ1) is 18.8. The van der Waals surface area contributed by atoms with Gasteiger partial charge >= 0.3 is 0 Å². The topological polar surface area (TPSA) is 86.1 Å². The Bertz CT molecular complexity index is 1240. The lowest BCUT2D eigenvalue weighted by Gasteiger charge is -2.08. The molecule has 1 amide bonds. The van der Waals surface area contributed by atoms with Gasteiger partial charge in [0.25, 0.3) is 5.56 Å². The fraction of sp³-hybridized carbons (Fsp3) is 0.100. The smallest absolute Gasteiger partial charge is 0.267 e. The highest BCUT2D eigenvalue weighted by Crippen LogP contribution is 2.26. The molecule has 0 bridgehead atoms. The molecule has 0 atom stereocenters. The lowest BCUT2D eigenvalue weighted by molar-refractivity contribution is -0.117. The fourth-order valence-electron chi connectivity index (χ4n) is 2.76. The van der Waals surface area contributed by atoms with Crippen LogP contribution in [0.5, 0.6) is 5.75 Å². The molecule has 4 rings (SSSR count). The van der Waals surface area contributed by atoms with Crippen LogP contribution < -0.4 is 15.6 Å². The first-order chi connectivity index (χ1) is 14.0. The van der Waals surface area contributed by atoms with E-state index in [1.807, 2.05) is 24.3 Å². The Morgan fingerprint density at radius 1 is 1.21 bits per heavy atom. The number of nitrogens with one attached hydrogen (secondary N) is 1. The fourth-order valence-corrected chi connectivity index (χ4v) is 3.64. The van der Waals surface area contributed by atoms with Crippen LogP contribution in [0.1, 0.15) is 0 Å². The Labute approximate surface area is 168 Å². The van der Waals surface area contributed by atoms with Crippen molar-refractivity contribution in [3.8, 4) is 17.0 Å². The van der Waals surface area contributed by atoms with Crippen LogP contribution in [0, 0.1) is 5.82 Å². The van der Waals surface area contributed by atoms with E-state index in [9.17, 15) is 14.0 Å². The number of carbonyl (C=O) groups is 1. The second kappa shape index (κ2) is 7.80. The summed E-state index contributed by atoms with van der Waals surface area (Å²) in [5.41, 5.74) is 0.742.